The Bertz CT molecular complexity index is 911. The van der Waals surface area contributed by atoms with Crippen LogP contribution in [-0.4, -0.2) is 16.4 Å². The molecule has 116 valence electrons. The minimum absolute atomic E-state index is 0.170. The van der Waals surface area contributed by atoms with Crippen LogP contribution in [0.3, 0.4) is 0 Å². The minimum Gasteiger partial charge on any atom is -0.319 e. The molecule has 0 aliphatic carbocycles. The van der Waals surface area contributed by atoms with E-state index in [1.807, 2.05) is 12.1 Å². The van der Waals surface area contributed by atoms with E-state index in [2.05, 4.69) is 5.32 Å². The summed E-state index contributed by atoms with van der Waals surface area (Å²) in [7, 11) is 0. The molecule has 1 aromatic heterocycles. The fourth-order valence-corrected chi connectivity index (χ4v) is 2.91. The van der Waals surface area contributed by atoms with Gasteiger partial charge in [-0.2, -0.15) is 0 Å². The van der Waals surface area contributed by atoms with Crippen LogP contribution in [0.1, 0.15) is 22.1 Å². The molecule has 0 aliphatic rings. The molecule has 4 nitrogen and oxygen atoms in total. The van der Waals surface area contributed by atoms with Crippen LogP contribution in [0.25, 0.3) is 10.9 Å². The Morgan fingerprint density at radius 2 is 1.65 bits per heavy atom. The standard InChI is InChI=1S/C17H12Cl2N2O2/c1-10(22)21-9-12(11-5-2-3-8-15(11)21)17(23)20-16-13(18)6-4-7-14(16)19/h2-9H,1H3,(H,20,23). The summed E-state index contributed by atoms with van der Waals surface area (Å²) in [5, 5.41) is 4.09. The van der Waals surface area contributed by atoms with Gasteiger partial charge in [0.05, 0.1) is 26.8 Å². The molecular formula is C17H12Cl2N2O2. The van der Waals surface area contributed by atoms with Crippen molar-refractivity contribution in [2.75, 3.05) is 5.32 Å². The number of hydrogen-bond donors (Lipinski definition) is 1. The quantitative estimate of drug-likeness (QED) is 0.720. The predicted octanol–water partition coefficient (Wildman–Crippen LogP) is 4.86. The van der Waals surface area contributed by atoms with E-state index >= 15 is 0 Å². The third kappa shape index (κ3) is 2.83. The van der Waals surface area contributed by atoms with Crippen molar-refractivity contribution in [1.82, 2.24) is 4.57 Å². The number of aromatic nitrogens is 1. The number of benzene rings is 2. The molecule has 0 radical (unpaired) electrons. The Morgan fingerprint density at radius 3 is 2.30 bits per heavy atom. The summed E-state index contributed by atoms with van der Waals surface area (Å²) in [5.74, 6) is -0.549. The van der Waals surface area contributed by atoms with E-state index in [4.69, 9.17) is 23.2 Å². The number of carbonyl (C=O) groups is 2. The lowest BCUT2D eigenvalue weighted by molar-refractivity contribution is 0.0941. The number of nitrogens with zero attached hydrogens (tertiary/aromatic N) is 1. The van der Waals surface area contributed by atoms with Crippen molar-refractivity contribution in [3.8, 4) is 0 Å². The van der Waals surface area contributed by atoms with Crippen LogP contribution < -0.4 is 5.32 Å². The summed E-state index contributed by atoms with van der Waals surface area (Å²) in [5.41, 5.74) is 1.41. The van der Waals surface area contributed by atoms with Crippen LogP contribution in [0, 0.1) is 0 Å². The molecule has 1 N–H and O–H groups in total. The van der Waals surface area contributed by atoms with Gasteiger partial charge in [-0.25, -0.2) is 0 Å². The summed E-state index contributed by atoms with van der Waals surface area (Å²) in [4.78, 5) is 24.4. The smallest absolute Gasteiger partial charge is 0.257 e. The van der Waals surface area contributed by atoms with Gasteiger partial charge in [0.15, 0.2) is 0 Å². The highest BCUT2D eigenvalue weighted by molar-refractivity contribution is 6.40. The van der Waals surface area contributed by atoms with Gasteiger partial charge in [-0.3, -0.25) is 14.2 Å². The second-order valence-electron chi connectivity index (χ2n) is 5.00. The van der Waals surface area contributed by atoms with Crippen molar-refractivity contribution in [3.63, 3.8) is 0 Å². The average molecular weight is 347 g/mol. The van der Waals surface area contributed by atoms with Crippen molar-refractivity contribution in [3.05, 3.63) is 64.3 Å². The van der Waals surface area contributed by atoms with Gasteiger partial charge in [-0.05, 0) is 18.2 Å². The van der Waals surface area contributed by atoms with Gasteiger partial charge in [0, 0.05) is 18.5 Å². The molecule has 0 aliphatic heterocycles. The van der Waals surface area contributed by atoms with E-state index in [9.17, 15) is 9.59 Å². The molecule has 1 heterocycles. The first-order valence-electron chi connectivity index (χ1n) is 6.85. The zero-order valence-corrected chi connectivity index (χ0v) is 13.7. The molecule has 0 fully saturated rings. The maximum atomic E-state index is 12.6. The van der Waals surface area contributed by atoms with Gasteiger partial charge in [0.1, 0.15) is 0 Å². The fraction of sp³-hybridized carbons (Fsp3) is 0.0588. The molecule has 0 spiro atoms. The topological polar surface area (TPSA) is 51.1 Å². The van der Waals surface area contributed by atoms with Crippen LogP contribution in [0.2, 0.25) is 10.0 Å². The highest BCUT2D eigenvalue weighted by Gasteiger charge is 2.18. The summed E-state index contributed by atoms with van der Waals surface area (Å²) >= 11 is 12.2. The monoisotopic (exact) mass is 346 g/mol. The Kier molecular flexibility index (Phi) is 4.11. The Morgan fingerprint density at radius 1 is 1.00 bits per heavy atom. The van der Waals surface area contributed by atoms with E-state index in [1.165, 1.54) is 17.7 Å². The van der Waals surface area contributed by atoms with E-state index in [1.54, 1.807) is 30.3 Å². The fourth-order valence-electron chi connectivity index (χ4n) is 2.42. The predicted molar refractivity (Wildman–Crippen MR) is 92.7 cm³/mol. The van der Waals surface area contributed by atoms with Gasteiger partial charge in [0.25, 0.3) is 5.91 Å². The highest BCUT2D eigenvalue weighted by Crippen LogP contribution is 2.31. The number of hydrogen-bond acceptors (Lipinski definition) is 2. The summed E-state index contributed by atoms with van der Waals surface area (Å²) < 4.78 is 1.44. The summed E-state index contributed by atoms with van der Waals surface area (Å²) in [6, 6.07) is 12.2. The third-order valence-electron chi connectivity index (χ3n) is 3.50. The molecule has 0 saturated heterocycles. The molecule has 1 amide bonds. The van der Waals surface area contributed by atoms with Gasteiger partial charge >= 0.3 is 0 Å². The number of halogens is 2. The van der Waals surface area contributed by atoms with Crippen LogP contribution in [0.4, 0.5) is 5.69 Å². The minimum atomic E-state index is -0.379. The average Bonchev–Trinajstić information content (AvgIpc) is 2.91. The van der Waals surface area contributed by atoms with Crippen molar-refractivity contribution >= 4 is 51.6 Å². The largest absolute Gasteiger partial charge is 0.319 e. The molecular weight excluding hydrogens is 335 g/mol. The molecule has 0 saturated carbocycles. The van der Waals surface area contributed by atoms with Crippen molar-refractivity contribution in [1.29, 1.82) is 0 Å². The first-order valence-corrected chi connectivity index (χ1v) is 7.61. The number of carbonyl (C=O) groups excluding carboxylic acids is 2. The number of anilines is 1. The number of amides is 1. The summed E-state index contributed by atoms with van der Waals surface area (Å²) in [6.45, 7) is 1.44. The molecule has 2 aromatic carbocycles. The second kappa shape index (κ2) is 6.07. The van der Waals surface area contributed by atoms with E-state index in [0.717, 1.165) is 0 Å². The van der Waals surface area contributed by atoms with E-state index in [-0.39, 0.29) is 11.8 Å². The van der Waals surface area contributed by atoms with Gasteiger partial charge in [0.2, 0.25) is 5.91 Å². The lowest BCUT2D eigenvalue weighted by atomic mass is 10.1. The third-order valence-corrected chi connectivity index (χ3v) is 4.13. The summed E-state index contributed by atoms with van der Waals surface area (Å²) in [6.07, 6.45) is 1.52. The zero-order chi connectivity index (χ0) is 16.6. The molecule has 6 heteroatoms. The van der Waals surface area contributed by atoms with Crippen LogP contribution >= 0.6 is 23.2 Å². The Labute approximate surface area is 142 Å². The zero-order valence-electron chi connectivity index (χ0n) is 12.1. The number of rotatable bonds is 2. The van der Waals surface area contributed by atoms with Crippen molar-refractivity contribution in [2.45, 2.75) is 6.92 Å². The molecule has 0 bridgehead atoms. The van der Waals surface area contributed by atoms with Crippen LogP contribution in [0.15, 0.2) is 48.7 Å². The maximum Gasteiger partial charge on any atom is 0.257 e. The normalized spacial score (nSPS) is 10.7. The molecule has 3 rings (SSSR count). The van der Waals surface area contributed by atoms with E-state index < -0.39 is 0 Å². The maximum absolute atomic E-state index is 12.6. The number of nitrogens with one attached hydrogen (secondary N) is 1. The van der Waals surface area contributed by atoms with Gasteiger partial charge < -0.3 is 5.32 Å². The SMILES string of the molecule is CC(=O)n1cc(C(=O)Nc2c(Cl)cccc2Cl)c2ccccc21. The second-order valence-corrected chi connectivity index (χ2v) is 5.81. The first-order chi connectivity index (χ1) is 11.0. The molecule has 0 unspecified atom stereocenters. The highest BCUT2D eigenvalue weighted by atomic mass is 35.5. The Balaban J connectivity index is 2.07. The molecule has 0 atom stereocenters. The van der Waals surface area contributed by atoms with Crippen molar-refractivity contribution in [2.24, 2.45) is 0 Å². The molecule has 23 heavy (non-hydrogen) atoms. The lowest BCUT2D eigenvalue weighted by Gasteiger charge is -2.08. The van der Waals surface area contributed by atoms with Crippen LogP contribution in [0.5, 0.6) is 0 Å². The molecule has 3 aromatic rings. The number of para-hydroxylation sites is 2. The van der Waals surface area contributed by atoms with Crippen LogP contribution in [-0.2, 0) is 0 Å². The first kappa shape index (κ1) is 15.6. The van der Waals surface area contributed by atoms with Gasteiger partial charge in [-0.15, -0.1) is 0 Å². The van der Waals surface area contributed by atoms with Crippen molar-refractivity contribution < 1.29 is 9.59 Å². The lowest BCUT2D eigenvalue weighted by Crippen LogP contribution is -2.12. The Hall–Kier alpha value is -2.30. The van der Waals surface area contributed by atoms with Gasteiger partial charge in [-0.1, -0.05) is 47.5 Å². The van der Waals surface area contributed by atoms with E-state index in [0.29, 0.717) is 32.2 Å². The number of fused-ring (bicyclic) bond motifs is 1.